The highest BCUT2D eigenvalue weighted by atomic mass is 79.9. The lowest BCUT2D eigenvalue weighted by Crippen LogP contribution is -2.37. The second kappa shape index (κ2) is 5.34. The molecule has 1 saturated carbocycles. The van der Waals surface area contributed by atoms with Gasteiger partial charge in [-0.3, -0.25) is 4.79 Å². The van der Waals surface area contributed by atoms with E-state index in [9.17, 15) is 15.0 Å². The first kappa shape index (κ1) is 14.4. The lowest BCUT2D eigenvalue weighted by atomic mass is 9.69. The molecular formula is C17H17BrO3. The van der Waals surface area contributed by atoms with Gasteiger partial charge in [0.1, 0.15) is 5.75 Å². The first-order chi connectivity index (χ1) is 10.0. The maximum atomic E-state index is 11.9. The summed E-state index contributed by atoms with van der Waals surface area (Å²) in [6, 6.07) is 9.30. The Hall–Kier alpha value is -1.55. The summed E-state index contributed by atoms with van der Waals surface area (Å²) in [5.74, 6) is -0.735. The summed E-state index contributed by atoms with van der Waals surface area (Å²) < 4.78 is 0.944. The van der Waals surface area contributed by atoms with Gasteiger partial charge in [-0.15, -0.1) is 0 Å². The SMILES string of the molecule is O=C(O)C1(c2cc3cc(Br)ccc3cc2O)CCCCC1. The number of benzene rings is 2. The molecule has 4 heteroatoms. The molecule has 0 radical (unpaired) electrons. The molecule has 110 valence electrons. The third kappa shape index (κ3) is 2.42. The number of halogens is 1. The van der Waals surface area contributed by atoms with Gasteiger partial charge in [-0.05, 0) is 47.9 Å². The summed E-state index contributed by atoms with van der Waals surface area (Å²) in [6.07, 6.45) is 4.03. The third-order valence-electron chi connectivity index (χ3n) is 4.55. The van der Waals surface area contributed by atoms with Crippen molar-refractivity contribution >= 4 is 32.7 Å². The quantitative estimate of drug-likeness (QED) is 0.833. The van der Waals surface area contributed by atoms with Gasteiger partial charge < -0.3 is 10.2 Å². The lowest BCUT2D eigenvalue weighted by molar-refractivity contribution is -0.145. The summed E-state index contributed by atoms with van der Waals surface area (Å²) in [4.78, 5) is 11.9. The normalized spacial score (nSPS) is 17.8. The molecule has 2 aromatic rings. The van der Waals surface area contributed by atoms with Gasteiger partial charge in [0.05, 0.1) is 5.41 Å². The highest BCUT2D eigenvalue weighted by Crippen LogP contribution is 2.44. The van der Waals surface area contributed by atoms with Gasteiger partial charge in [0.25, 0.3) is 0 Å². The largest absolute Gasteiger partial charge is 0.508 e. The minimum Gasteiger partial charge on any atom is -0.508 e. The molecule has 0 heterocycles. The Morgan fingerprint density at radius 2 is 1.76 bits per heavy atom. The monoisotopic (exact) mass is 348 g/mol. The van der Waals surface area contributed by atoms with E-state index in [0.29, 0.717) is 18.4 Å². The highest BCUT2D eigenvalue weighted by molar-refractivity contribution is 9.10. The first-order valence-electron chi connectivity index (χ1n) is 7.19. The van der Waals surface area contributed by atoms with Gasteiger partial charge in [0.15, 0.2) is 0 Å². The Morgan fingerprint density at radius 3 is 2.43 bits per heavy atom. The van der Waals surface area contributed by atoms with E-state index in [0.717, 1.165) is 34.5 Å². The van der Waals surface area contributed by atoms with E-state index in [1.165, 1.54) is 0 Å². The molecule has 21 heavy (non-hydrogen) atoms. The van der Waals surface area contributed by atoms with Crippen LogP contribution >= 0.6 is 15.9 Å². The van der Waals surface area contributed by atoms with Crippen LogP contribution in [-0.4, -0.2) is 16.2 Å². The standard InChI is InChI=1S/C17H17BrO3/c18-13-5-4-11-10-15(19)14(9-12(11)8-13)17(16(20)21)6-2-1-3-7-17/h4-5,8-10,19H,1-3,6-7H2,(H,20,21). The number of aliphatic carboxylic acids is 1. The summed E-state index contributed by atoms with van der Waals surface area (Å²) >= 11 is 3.44. The fourth-order valence-corrected chi connectivity index (χ4v) is 3.77. The number of hydrogen-bond donors (Lipinski definition) is 2. The summed E-state index contributed by atoms with van der Waals surface area (Å²) in [6.45, 7) is 0. The smallest absolute Gasteiger partial charge is 0.314 e. The van der Waals surface area contributed by atoms with Crippen LogP contribution in [0.1, 0.15) is 37.7 Å². The Bertz CT molecular complexity index is 702. The molecule has 3 rings (SSSR count). The minimum absolute atomic E-state index is 0.0918. The van der Waals surface area contributed by atoms with E-state index >= 15 is 0 Å². The predicted molar refractivity (Wildman–Crippen MR) is 85.7 cm³/mol. The summed E-state index contributed by atoms with van der Waals surface area (Å²) in [7, 11) is 0. The molecule has 0 amide bonds. The number of carboxylic acid groups (broad SMARTS) is 1. The molecule has 2 N–H and O–H groups in total. The van der Waals surface area contributed by atoms with Crippen molar-refractivity contribution in [3.05, 3.63) is 40.4 Å². The van der Waals surface area contributed by atoms with Crippen LogP contribution in [0, 0.1) is 0 Å². The van der Waals surface area contributed by atoms with Crippen molar-refractivity contribution < 1.29 is 15.0 Å². The number of fused-ring (bicyclic) bond motifs is 1. The summed E-state index contributed by atoms with van der Waals surface area (Å²) in [5.41, 5.74) is -0.390. The average Bonchev–Trinajstić information content (AvgIpc) is 2.47. The molecule has 0 saturated heterocycles. The van der Waals surface area contributed by atoms with Gasteiger partial charge in [-0.2, -0.15) is 0 Å². The maximum Gasteiger partial charge on any atom is 0.314 e. The van der Waals surface area contributed by atoms with Crippen LogP contribution in [0.3, 0.4) is 0 Å². The molecule has 2 aromatic carbocycles. The fourth-order valence-electron chi connectivity index (χ4n) is 3.39. The van der Waals surface area contributed by atoms with Crippen molar-refractivity contribution in [1.29, 1.82) is 0 Å². The van der Waals surface area contributed by atoms with Crippen LogP contribution in [0.5, 0.6) is 5.75 Å². The van der Waals surface area contributed by atoms with Crippen LogP contribution in [0.15, 0.2) is 34.8 Å². The van der Waals surface area contributed by atoms with Crippen molar-refractivity contribution in [2.45, 2.75) is 37.5 Å². The Kier molecular flexibility index (Phi) is 3.66. The van der Waals surface area contributed by atoms with Gasteiger partial charge in [0, 0.05) is 10.0 Å². The second-order valence-electron chi connectivity index (χ2n) is 5.81. The molecule has 0 atom stereocenters. The van der Waals surface area contributed by atoms with E-state index in [4.69, 9.17) is 0 Å². The highest BCUT2D eigenvalue weighted by Gasteiger charge is 2.43. The number of carboxylic acids is 1. The molecule has 3 nitrogen and oxygen atoms in total. The molecule has 0 aliphatic heterocycles. The second-order valence-corrected chi connectivity index (χ2v) is 6.72. The lowest BCUT2D eigenvalue weighted by Gasteiger charge is -2.34. The van der Waals surface area contributed by atoms with Crippen LogP contribution in [0.25, 0.3) is 10.8 Å². The van der Waals surface area contributed by atoms with Crippen molar-refractivity contribution in [2.24, 2.45) is 0 Å². The van der Waals surface area contributed by atoms with Crippen molar-refractivity contribution in [2.75, 3.05) is 0 Å². The minimum atomic E-state index is -0.946. The first-order valence-corrected chi connectivity index (χ1v) is 7.98. The van der Waals surface area contributed by atoms with Gasteiger partial charge in [-0.1, -0.05) is 41.3 Å². The molecule has 0 spiro atoms. The van der Waals surface area contributed by atoms with E-state index in [-0.39, 0.29) is 5.75 Å². The number of carbonyl (C=O) groups is 1. The zero-order chi connectivity index (χ0) is 15.0. The molecule has 0 unspecified atom stereocenters. The van der Waals surface area contributed by atoms with Crippen molar-refractivity contribution in [3.8, 4) is 5.75 Å². The number of hydrogen-bond acceptors (Lipinski definition) is 2. The van der Waals surface area contributed by atoms with Gasteiger partial charge in [-0.25, -0.2) is 0 Å². The molecular weight excluding hydrogens is 332 g/mol. The van der Waals surface area contributed by atoms with E-state index < -0.39 is 11.4 Å². The van der Waals surface area contributed by atoms with E-state index in [2.05, 4.69) is 15.9 Å². The third-order valence-corrected chi connectivity index (χ3v) is 5.04. The summed E-state index contributed by atoms with van der Waals surface area (Å²) in [5, 5.41) is 22.0. The number of phenolic OH excluding ortho intramolecular Hbond substituents is 1. The van der Waals surface area contributed by atoms with Crippen LogP contribution in [-0.2, 0) is 10.2 Å². The van der Waals surface area contributed by atoms with Crippen LogP contribution < -0.4 is 0 Å². The molecule has 1 aliphatic carbocycles. The molecule has 0 aromatic heterocycles. The maximum absolute atomic E-state index is 11.9. The van der Waals surface area contributed by atoms with Crippen molar-refractivity contribution in [3.63, 3.8) is 0 Å². The van der Waals surface area contributed by atoms with Crippen molar-refractivity contribution in [1.82, 2.24) is 0 Å². The number of phenols is 1. The van der Waals surface area contributed by atoms with E-state index in [1.807, 2.05) is 24.3 Å². The van der Waals surface area contributed by atoms with Crippen LogP contribution in [0.2, 0.25) is 0 Å². The molecule has 1 fully saturated rings. The van der Waals surface area contributed by atoms with E-state index in [1.54, 1.807) is 6.07 Å². The number of aromatic hydroxyl groups is 1. The zero-order valence-electron chi connectivity index (χ0n) is 11.6. The topological polar surface area (TPSA) is 57.5 Å². The Morgan fingerprint density at radius 1 is 1.05 bits per heavy atom. The predicted octanol–water partition coefficient (Wildman–Crippen LogP) is 4.59. The van der Waals surface area contributed by atoms with Gasteiger partial charge >= 0.3 is 5.97 Å². The van der Waals surface area contributed by atoms with Gasteiger partial charge in [0.2, 0.25) is 0 Å². The number of rotatable bonds is 2. The fraction of sp³-hybridized carbons (Fsp3) is 0.353. The average molecular weight is 349 g/mol. The molecule has 1 aliphatic rings. The molecule has 0 bridgehead atoms. The Balaban J connectivity index is 2.21. The Labute approximate surface area is 131 Å². The zero-order valence-corrected chi connectivity index (χ0v) is 13.2. The van der Waals surface area contributed by atoms with Crippen LogP contribution in [0.4, 0.5) is 0 Å².